The zero-order chi connectivity index (χ0) is 15.0. The predicted molar refractivity (Wildman–Crippen MR) is 77.9 cm³/mol. The second-order valence-electron chi connectivity index (χ2n) is 4.32. The van der Waals surface area contributed by atoms with Gasteiger partial charge in [0.15, 0.2) is 5.58 Å². The number of carbonyl (C=O) groups excluding carboxylic acids is 1. The van der Waals surface area contributed by atoms with E-state index in [9.17, 15) is 14.7 Å². The number of H-pyrrole nitrogens is 1. The fraction of sp³-hybridized carbons (Fsp3) is 0. The fourth-order valence-corrected chi connectivity index (χ4v) is 2.10. The van der Waals surface area contributed by atoms with Crippen molar-refractivity contribution >= 4 is 34.3 Å². The molecule has 6 nitrogen and oxygen atoms in total. The number of anilines is 1. The largest absolute Gasteiger partial charge is 0.506 e. The molecule has 106 valence electrons. The second kappa shape index (κ2) is 4.99. The molecule has 7 heteroatoms. The van der Waals surface area contributed by atoms with Crippen molar-refractivity contribution < 1.29 is 14.3 Å². The van der Waals surface area contributed by atoms with Crippen LogP contribution in [0, 0.1) is 0 Å². The third kappa shape index (κ3) is 2.48. The Morgan fingerprint density at radius 2 is 2.10 bits per heavy atom. The van der Waals surface area contributed by atoms with Gasteiger partial charge in [-0.3, -0.25) is 9.78 Å². The molecule has 0 saturated carbocycles. The van der Waals surface area contributed by atoms with Gasteiger partial charge in [-0.25, -0.2) is 4.79 Å². The van der Waals surface area contributed by atoms with Gasteiger partial charge in [0, 0.05) is 5.56 Å². The number of hydrogen-bond donors (Lipinski definition) is 3. The molecule has 0 bridgehead atoms. The topological polar surface area (TPSA) is 95.3 Å². The zero-order valence-electron chi connectivity index (χ0n) is 10.5. The lowest BCUT2D eigenvalue weighted by molar-refractivity contribution is 0.102. The Bertz CT molecular complexity index is 897. The summed E-state index contributed by atoms with van der Waals surface area (Å²) in [4.78, 5) is 25.8. The van der Waals surface area contributed by atoms with Crippen LogP contribution in [0.3, 0.4) is 0 Å². The van der Waals surface area contributed by atoms with Crippen LogP contribution >= 0.6 is 11.6 Å². The highest BCUT2D eigenvalue weighted by atomic mass is 35.5. The number of phenolic OH excluding ortho intramolecular Hbond substituents is 1. The maximum atomic E-state index is 12.1. The van der Waals surface area contributed by atoms with Crippen molar-refractivity contribution in [1.29, 1.82) is 0 Å². The number of aromatic amines is 1. The second-order valence-corrected chi connectivity index (χ2v) is 4.72. The lowest BCUT2D eigenvalue weighted by atomic mass is 10.2. The van der Waals surface area contributed by atoms with Crippen LogP contribution in [0.5, 0.6) is 5.75 Å². The minimum absolute atomic E-state index is 0.0778. The number of hydrogen-bond acceptors (Lipinski definition) is 4. The molecule has 3 rings (SSSR count). The molecule has 0 aliphatic rings. The smallest absolute Gasteiger partial charge is 0.417 e. The van der Waals surface area contributed by atoms with Crippen LogP contribution in [0.25, 0.3) is 11.1 Å². The van der Waals surface area contributed by atoms with E-state index in [0.29, 0.717) is 11.2 Å². The molecule has 0 unspecified atom stereocenters. The molecule has 0 aliphatic heterocycles. The summed E-state index contributed by atoms with van der Waals surface area (Å²) in [6, 6.07) is 9.05. The van der Waals surface area contributed by atoms with E-state index in [-0.39, 0.29) is 21.9 Å². The molecule has 1 heterocycles. The van der Waals surface area contributed by atoms with Crippen molar-refractivity contribution in [3.05, 3.63) is 57.5 Å². The van der Waals surface area contributed by atoms with Crippen LogP contribution in [-0.4, -0.2) is 16.0 Å². The van der Waals surface area contributed by atoms with Gasteiger partial charge in [0.05, 0.1) is 16.2 Å². The lowest BCUT2D eigenvalue weighted by Crippen LogP contribution is -2.11. The molecule has 3 N–H and O–H groups in total. The summed E-state index contributed by atoms with van der Waals surface area (Å²) in [6.45, 7) is 0. The van der Waals surface area contributed by atoms with Crippen molar-refractivity contribution in [2.75, 3.05) is 5.32 Å². The van der Waals surface area contributed by atoms with Gasteiger partial charge in [-0.15, -0.1) is 0 Å². The van der Waals surface area contributed by atoms with Crippen LogP contribution in [-0.2, 0) is 0 Å². The Morgan fingerprint density at radius 3 is 2.86 bits per heavy atom. The summed E-state index contributed by atoms with van der Waals surface area (Å²) < 4.78 is 4.99. The number of phenols is 1. The number of para-hydroxylation sites is 1. The normalized spacial score (nSPS) is 10.7. The van der Waals surface area contributed by atoms with Gasteiger partial charge in [0.2, 0.25) is 0 Å². The van der Waals surface area contributed by atoms with Crippen molar-refractivity contribution in [3.63, 3.8) is 0 Å². The van der Waals surface area contributed by atoms with Crippen molar-refractivity contribution in [2.45, 2.75) is 0 Å². The van der Waals surface area contributed by atoms with Crippen LogP contribution in [0.2, 0.25) is 5.02 Å². The summed E-state index contributed by atoms with van der Waals surface area (Å²) in [6.07, 6.45) is 0. The molecule has 0 atom stereocenters. The molecule has 2 aromatic carbocycles. The molecule has 21 heavy (non-hydrogen) atoms. The number of aromatic hydroxyl groups is 1. The highest BCUT2D eigenvalue weighted by Crippen LogP contribution is 2.25. The van der Waals surface area contributed by atoms with Gasteiger partial charge < -0.3 is 14.8 Å². The Kier molecular flexibility index (Phi) is 3.15. The molecule has 0 saturated heterocycles. The summed E-state index contributed by atoms with van der Waals surface area (Å²) in [5.74, 6) is -1.14. The number of benzene rings is 2. The molecule has 0 spiro atoms. The van der Waals surface area contributed by atoms with E-state index < -0.39 is 11.7 Å². The number of rotatable bonds is 2. The van der Waals surface area contributed by atoms with Crippen LogP contribution in [0.15, 0.2) is 45.6 Å². The molecule has 0 aliphatic carbocycles. The van der Waals surface area contributed by atoms with Crippen LogP contribution < -0.4 is 11.1 Å². The van der Waals surface area contributed by atoms with Gasteiger partial charge in [-0.1, -0.05) is 17.7 Å². The summed E-state index contributed by atoms with van der Waals surface area (Å²) in [7, 11) is 0. The average Bonchev–Trinajstić information content (AvgIpc) is 2.83. The Morgan fingerprint density at radius 1 is 1.29 bits per heavy atom. The maximum absolute atomic E-state index is 12.1. The van der Waals surface area contributed by atoms with Crippen molar-refractivity contribution in [2.24, 2.45) is 0 Å². The quantitative estimate of drug-likeness (QED) is 0.678. The number of carbonyl (C=O) groups is 1. The van der Waals surface area contributed by atoms with Gasteiger partial charge in [0.1, 0.15) is 5.75 Å². The van der Waals surface area contributed by atoms with E-state index in [1.165, 1.54) is 18.2 Å². The van der Waals surface area contributed by atoms with Crippen molar-refractivity contribution in [1.82, 2.24) is 4.98 Å². The number of halogens is 1. The molecule has 0 radical (unpaired) electrons. The van der Waals surface area contributed by atoms with E-state index in [1.807, 2.05) is 0 Å². The molecule has 0 fully saturated rings. The number of fused-ring (bicyclic) bond motifs is 1. The van der Waals surface area contributed by atoms with Gasteiger partial charge in [-0.05, 0) is 30.3 Å². The SMILES string of the molecule is O=C(Nc1cccc2[nH]c(=O)oc12)c1ccc(O)c(Cl)c1. The summed E-state index contributed by atoms with van der Waals surface area (Å²) in [5.41, 5.74) is 1.38. The van der Waals surface area contributed by atoms with Crippen LogP contribution in [0.4, 0.5) is 5.69 Å². The zero-order valence-corrected chi connectivity index (χ0v) is 11.3. The molecular formula is C14H9ClN2O4. The standard InChI is InChI=1S/C14H9ClN2O4/c15-8-6-7(4-5-11(8)18)13(19)16-9-2-1-3-10-12(9)21-14(20)17-10/h1-6,18H,(H,16,19)(H,17,20). The molecule has 1 aromatic heterocycles. The molecule has 3 aromatic rings. The number of nitrogens with one attached hydrogen (secondary N) is 2. The van der Waals surface area contributed by atoms with Gasteiger partial charge in [0.25, 0.3) is 5.91 Å². The highest BCUT2D eigenvalue weighted by Gasteiger charge is 2.12. The van der Waals surface area contributed by atoms with E-state index in [1.54, 1.807) is 18.2 Å². The van der Waals surface area contributed by atoms with E-state index in [4.69, 9.17) is 16.0 Å². The Hall–Kier alpha value is -2.73. The van der Waals surface area contributed by atoms with Gasteiger partial charge >= 0.3 is 5.76 Å². The first-order valence-electron chi connectivity index (χ1n) is 5.96. The minimum atomic E-state index is -0.598. The minimum Gasteiger partial charge on any atom is -0.506 e. The average molecular weight is 305 g/mol. The summed E-state index contributed by atoms with van der Waals surface area (Å²) >= 11 is 5.76. The highest BCUT2D eigenvalue weighted by molar-refractivity contribution is 6.32. The predicted octanol–water partition coefficient (Wildman–Crippen LogP) is 2.73. The van der Waals surface area contributed by atoms with E-state index in [0.717, 1.165) is 0 Å². The Balaban J connectivity index is 1.96. The lowest BCUT2D eigenvalue weighted by Gasteiger charge is -2.06. The van der Waals surface area contributed by atoms with Crippen molar-refractivity contribution in [3.8, 4) is 5.75 Å². The number of amides is 1. The third-order valence-corrected chi connectivity index (χ3v) is 3.21. The number of oxazole rings is 1. The monoisotopic (exact) mass is 304 g/mol. The first-order valence-corrected chi connectivity index (χ1v) is 6.34. The first-order chi connectivity index (χ1) is 10.0. The Labute approximate surface area is 123 Å². The van der Waals surface area contributed by atoms with Gasteiger partial charge in [-0.2, -0.15) is 0 Å². The third-order valence-electron chi connectivity index (χ3n) is 2.90. The van der Waals surface area contributed by atoms with Crippen LogP contribution in [0.1, 0.15) is 10.4 Å². The molecular weight excluding hydrogens is 296 g/mol. The fourth-order valence-electron chi connectivity index (χ4n) is 1.91. The summed E-state index contributed by atoms with van der Waals surface area (Å²) in [5, 5.41) is 12.0. The van der Waals surface area contributed by atoms with E-state index in [2.05, 4.69) is 10.3 Å². The first kappa shape index (κ1) is 13.3. The molecule has 1 amide bonds. The maximum Gasteiger partial charge on any atom is 0.417 e. The van der Waals surface area contributed by atoms with E-state index >= 15 is 0 Å². The number of aromatic nitrogens is 1.